The molecule has 2 aromatic heterocycles. The van der Waals surface area contributed by atoms with Crippen molar-refractivity contribution in [2.75, 3.05) is 0 Å². The Labute approximate surface area is 184 Å². The lowest BCUT2D eigenvalue weighted by molar-refractivity contribution is 1.31. The normalized spacial score (nSPS) is 11.2. The summed E-state index contributed by atoms with van der Waals surface area (Å²) in [6, 6.07) is 25.1. The number of hydrogen-bond acceptors (Lipinski definition) is 1. The van der Waals surface area contributed by atoms with Crippen LogP contribution in [0, 0.1) is 3.57 Å². The zero-order chi connectivity index (χ0) is 19.1. The fourth-order valence-corrected chi connectivity index (χ4v) is 4.14. The second-order valence-electron chi connectivity index (χ2n) is 6.57. The number of halogens is 2. The maximum atomic E-state index is 5.01. The molecule has 0 aliphatic rings. The van der Waals surface area contributed by atoms with Crippen LogP contribution >= 0.6 is 38.5 Å². The number of benzene rings is 3. The number of aromatic nitrogens is 3. The lowest BCUT2D eigenvalue weighted by Gasteiger charge is -2.03. The van der Waals surface area contributed by atoms with E-state index >= 15 is 0 Å². The minimum atomic E-state index is 0.858. The third-order valence-corrected chi connectivity index (χ3v) is 6.00. The first-order chi connectivity index (χ1) is 13.7. The number of aromatic amines is 2. The highest BCUT2D eigenvalue weighted by atomic mass is 127. The SMILES string of the molecule is Brc1ccc2[nH]cc(-c3nc(-c4ccccc4)c(-c4ccc(I)cc4)[nH]3)c2c1. The molecule has 136 valence electrons. The summed E-state index contributed by atoms with van der Waals surface area (Å²) in [4.78, 5) is 11.9. The van der Waals surface area contributed by atoms with E-state index in [9.17, 15) is 0 Å². The van der Waals surface area contributed by atoms with Gasteiger partial charge >= 0.3 is 0 Å². The number of nitrogens with one attached hydrogen (secondary N) is 2. The Balaban J connectivity index is 1.73. The second kappa shape index (κ2) is 7.22. The van der Waals surface area contributed by atoms with Crippen molar-refractivity contribution in [3.8, 4) is 33.9 Å². The van der Waals surface area contributed by atoms with E-state index in [2.05, 4.69) is 97.0 Å². The summed E-state index contributed by atoms with van der Waals surface area (Å²) in [5, 5.41) is 1.14. The van der Waals surface area contributed by atoms with E-state index in [1.807, 2.05) is 30.5 Å². The minimum absolute atomic E-state index is 0.858. The molecular weight excluding hydrogens is 525 g/mol. The monoisotopic (exact) mass is 539 g/mol. The predicted molar refractivity (Wildman–Crippen MR) is 127 cm³/mol. The van der Waals surface area contributed by atoms with Crippen molar-refractivity contribution >= 4 is 49.4 Å². The van der Waals surface area contributed by atoms with E-state index in [1.54, 1.807) is 0 Å². The van der Waals surface area contributed by atoms with E-state index in [-0.39, 0.29) is 0 Å². The van der Waals surface area contributed by atoms with Crippen molar-refractivity contribution in [3.05, 3.63) is 87.0 Å². The summed E-state index contributed by atoms with van der Waals surface area (Å²) >= 11 is 5.91. The molecule has 0 aliphatic carbocycles. The highest BCUT2D eigenvalue weighted by molar-refractivity contribution is 14.1. The first-order valence-corrected chi connectivity index (χ1v) is 10.7. The van der Waals surface area contributed by atoms with E-state index < -0.39 is 0 Å². The summed E-state index contributed by atoms with van der Waals surface area (Å²) < 4.78 is 2.26. The number of nitrogens with zero attached hydrogens (tertiary/aromatic N) is 1. The Bertz CT molecular complexity index is 1270. The van der Waals surface area contributed by atoms with Crippen molar-refractivity contribution < 1.29 is 0 Å². The molecule has 0 atom stereocenters. The van der Waals surface area contributed by atoms with Gasteiger partial charge in [-0.3, -0.25) is 0 Å². The van der Waals surface area contributed by atoms with Crippen molar-refractivity contribution in [1.29, 1.82) is 0 Å². The lowest BCUT2D eigenvalue weighted by atomic mass is 10.1. The first kappa shape index (κ1) is 17.7. The Morgan fingerprint density at radius 2 is 1.64 bits per heavy atom. The molecule has 28 heavy (non-hydrogen) atoms. The second-order valence-corrected chi connectivity index (χ2v) is 8.74. The average Bonchev–Trinajstić information content (AvgIpc) is 3.33. The fraction of sp³-hybridized carbons (Fsp3) is 0. The van der Waals surface area contributed by atoms with Crippen LogP contribution in [0.4, 0.5) is 0 Å². The Morgan fingerprint density at radius 3 is 2.43 bits per heavy atom. The summed E-state index contributed by atoms with van der Waals surface area (Å²) in [5.41, 5.74) is 6.36. The van der Waals surface area contributed by atoms with Gasteiger partial charge in [-0.25, -0.2) is 4.98 Å². The van der Waals surface area contributed by atoms with Gasteiger partial charge in [-0.1, -0.05) is 58.4 Å². The molecule has 5 heteroatoms. The highest BCUT2D eigenvalue weighted by Gasteiger charge is 2.17. The molecule has 0 fully saturated rings. The molecule has 0 saturated carbocycles. The van der Waals surface area contributed by atoms with Crippen molar-refractivity contribution in [3.63, 3.8) is 0 Å². The van der Waals surface area contributed by atoms with Gasteiger partial charge in [0.1, 0.15) is 5.82 Å². The first-order valence-electron chi connectivity index (χ1n) is 8.87. The van der Waals surface area contributed by atoms with Crippen LogP contribution in [0.1, 0.15) is 0 Å². The summed E-state index contributed by atoms with van der Waals surface area (Å²) in [7, 11) is 0. The Hall–Kier alpha value is -2.38. The lowest BCUT2D eigenvalue weighted by Crippen LogP contribution is -1.84. The number of imidazole rings is 1. The molecule has 0 unspecified atom stereocenters. The zero-order valence-electron chi connectivity index (χ0n) is 14.7. The van der Waals surface area contributed by atoms with Gasteiger partial charge in [0.2, 0.25) is 0 Å². The minimum Gasteiger partial charge on any atom is -0.360 e. The smallest absolute Gasteiger partial charge is 0.140 e. The number of H-pyrrole nitrogens is 2. The molecule has 3 aromatic carbocycles. The van der Waals surface area contributed by atoms with Crippen LogP contribution in [-0.2, 0) is 0 Å². The fourth-order valence-electron chi connectivity index (χ4n) is 3.42. The van der Waals surface area contributed by atoms with Crippen LogP contribution in [0.5, 0.6) is 0 Å². The third-order valence-electron chi connectivity index (χ3n) is 4.78. The van der Waals surface area contributed by atoms with Crippen LogP contribution in [0.25, 0.3) is 44.8 Å². The van der Waals surface area contributed by atoms with E-state index in [1.165, 1.54) is 3.57 Å². The van der Waals surface area contributed by atoms with Gasteiger partial charge < -0.3 is 9.97 Å². The molecule has 2 N–H and O–H groups in total. The average molecular weight is 540 g/mol. The van der Waals surface area contributed by atoms with Crippen LogP contribution < -0.4 is 0 Å². The van der Waals surface area contributed by atoms with Gasteiger partial charge in [0.15, 0.2) is 0 Å². The summed E-state index contributed by atoms with van der Waals surface area (Å²) in [5.74, 6) is 0.858. The quantitative estimate of drug-likeness (QED) is 0.233. The molecular formula is C23H15BrIN3. The largest absolute Gasteiger partial charge is 0.360 e. The van der Waals surface area contributed by atoms with Crippen molar-refractivity contribution in [2.45, 2.75) is 0 Å². The van der Waals surface area contributed by atoms with Gasteiger partial charge in [-0.05, 0) is 52.9 Å². The number of hydrogen-bond donors (Lipinski definition) is 2. The van der Waals surface area contributed by atoms with E-state index in [0.717, 1.165) is 49.3 Å². The molecule has 5 rings (SSSR count). The molecule has 5 aromatic rings. The van der Waals surface area contributed by atoms with E-state index in [0.29, 0.717) is 0 Å². The van der Waals surface area contributed by atoms with Gasteiger partial charge in [-0.15, -0.1) is 0 Å². The van der Waals surface area contributed by atoms with Crippen LogP contribution in [-0.4, -0.2) is 15.0 Å². The molecule has 0 radical (unpaired) electrons. The van der Waals surface area contributed by atoms with Crippen LogP contribution in [0.15, 0.2) is 83.5 Å². The number of rotatable bonds is 3. The van der Waals surface area contributed by atoms with E-state index in [4.69, 9.17) is 4.98 Å². The maximum Gasteiger partial charge on any atom is 0.140 e. The maximum absolute atomic E-state index is 5.01. The number of fused-ring (bicyclic) bond motifs is 1. The third kappa shape index (κ3) is 3.18. The molecule has 3 nitrogen and oxygen atoms in total. The Kier molecular flexibility index (Phi) is 4.56. The molecule has 0 saturated heterocycles. The summed E-state index contributed by atoms with van der Waals surface area (Å²) in [6.07, 6.45) is 2.02. The predicted octanol–water partition coefficient (Wildman–Crippen LogP) is 7.26. The standard InChI is InChI=1S/C23H15BrIN3/c24-16-8-11-20-18(12-16)19(13-26-20)23-27-21(14-4-2-1-3-5-14)22(28-23)15-6-9-17(25)10-7-15/h1-13,26H,(H,27,28). The highest BCUT2D eigenvalue weighted by Crippen LogP contribution is 2.36. The molecule has 0 amide bonds. The molecule has 0 aliphatic heterocycles. The van der Waals surface area contributed by atoms with Gasteiger partial charge in [0.05, 0.1) is 11.4 Å². The van der Waals surface area contributed by atoms with Crippen LogP contribution in [0.2, 0.25) is 0 Å². The zero-order valence-corrected chi connectivity index (χ0v) is 18.5. The summed E-state index contributed by atoms with van der Waals surface area (Å²) in [6.45, 7) is 0. The van der Waals surface area contributed by atoms with Gasteiger partial charge in [0.25, 0.3) is 0 Å². The molecule has 0 bridgehead atoms. The van der Waals surface area contributed by atoms with Gasteiger partial charge in [0, 0.05) is 41.8 Å². The Morgan fingerprint density at radius 1 is 0.857 bits per heavy atom. The topological polar surface area (TPSA) is 44.5 Å². The van der Waals surface area contributed by atoms with Crippen molar-refractivity contribution in [2.24, 2.45) is 0 Å². The molecule has 2 heterocycles. The van der Waals surface area contributed by atoms with Gasteiger partial charge in [-0.2, -0.15) is 0 Å². The molecule has 0 spiro atoms. The van der Waals surface area contributed by atoms with Crippen LogP contribution in [0.3, 0.4) is 0 Å². The van der Waals surface area contributed by atoms with Crippen molar-refractivity contribution in [1.82, 2.24) is 15.0 Å².